The van der Waals surface area contributed by atoms with Crippen molar-refractivity contribution in [2.75, 3.05) is 13.1 Å². The smallest absolute Gasteiger partial charge is 0.335 e. The van der Waals surface area contributed by atoms with Gasteiger partial charge in [-0.1, -0.05) is 0 Å². The maximum atomic E-state index is 12.3. The van der Waals surface area contributed by atoms with E-state index in [1.54, 1.807) is 17.3 Å². The van der Waals surface area contributed by atoms with Gasteiger partial charge in [0.1, 0.15) is 6.26 Å². The molecule has 0 aromatic carbocycles. The molecule has 5 nitrogen and oxygen atoms in total. The second-order valence-corrected chi connectivity index (χ2v) is 4.33. The van der Waals surface area contributed by atoms with Gasteiger partial charge < -0.3 is 9.32 Å². The van der Waals surface area contributed by atoms with Crippen LogP contribution in [0, 0.1) is 0 Å². The highest BCUT2D eigenvalue weighted by atomic mass is 16.4. The maximum absolute atomic E-state index is 12.3. The lowest BCUT2D eigenvalue weighted by atomic mass is 10.2. The monoisotopic (exact) mass is 272 g/mol. The molecule has 0 atom stereocenters. The highest BCUT2D eigenvalue weighted by Gasteiger charge is 2.14. The van der Waals surface area contributed by atoms with Crippen molar-refractivity contribution < 1.29 is 9.21 Å². The van der Waals surface area contributed by atoms with Gasteiger partial charge in [0.05, 0.1) is 5.56 Å². The maximum Gasteiger partial charge on any atom is 0.335 e. The molecule has 2 rings (SSSR count). The quantitative estimate of drug-likeness (QED) is 0.831. The lowest BCUT2D eigenvalue weighted by Crippen LogP contribution is -2.32. The largest absolute Gasteiger partial charge is 0.430 e. The van der Waals surface area contributed by atoms with Crippen molar-refractivity contribution in [1.29, 1.82) is 0 Å². The van der Waals surface area contributed by atoms with Crippen LogP contribution in [0.25, 0.3) is 0 Å². The molecule has 2 aromatic heterocycles. The van der Waals surface area contributed by atoms with Crippen molar-refractivity contribution in [3.63, 3.8) is 0 Å². The number of rotatable bonds is 5. The van der Waals surface area contributed by atoms with E-state index >= 15 is 0 Å². The Morgan fingerprint density at radius 1 is 1.25 bits per heavy atom. The Balaban J connectivity index is 2.02. The average molecular weight is 272 g/mol. The van der Waals surface area contributed by atoms with E-state index in [1.165, 1.54) is 18.4 Å². The normalized spacial score (nSPS) is 10.2. The molecular formula is C15H16N2O3. The number of amides is 1. The van der Waals surface area contributed by atoms with Crippen LogP contribution in [0.2, 0.25) is 0 Å². The van der Waals surface area contributed by atoms with Crippen LogP contribution in [-0.2, 0) is 6.42 Å². The zero-order valence-electron chi connectivity index (χ0n) is 11.3. The second kappa shape index (κ2) is 6.65. The predicted molar refractivity (Wildman–Crippen MR) is 74.5 cm³/mol. The molecule has 20 heavy (non-hydrogen) atoms. The van der Waals surface area contributed by atoms with Gasteiger partial charge in [-0.15, -0.1) is 0 Å². The number of carbonyl (C=O) groups is 1. The molecular weight excluding hydrogens is 256 g/mol. The van der Waals surface area contributed by atoms with Crippen molar-refractivity contribution in [3.8, 4) is 0 Å². The third-order valence-corrected chi connectivity index (χ3v) is 3.04. The number of aromatic nitrogens is 1. The van der Waals surface area contributed by atoms with Crippen LogP contribution in [-0.4, -0.2) is 28.9 Å². The fourth-order valence-electron chi connectivity index (χ4n) is 1.88. The van der Waals surface area contributed by atoms with Crippen molar-refractivity contribution >= 4 is 5.91 Å². The molecule has 0 unspecified atom stereocenters. The summed E-state index contributed by atoms with van der Waals surface area (Å²) in [6, 6.07) is 6.60. The minimum absolute atomic E-state index is 0.134. The number of hydrogen-bond donors (Lipinski definition) is 0. The molecule has 0 aliphatic rings. The first-order valence-corrected chi connectivity index (χ1v) is 6.47. The van der Waals surface area contributed by atoms with Crippen molar-refractivity contribution in [2.24, 2.45) is 0 Å². The zero-order chi connectivity index (χ0) is 14.4. The molecule has 0 saturated carbocycles. The Morgan fingerprint density at radius 2 is 2.00 bits per heavy atom. The van der Waals surface area contributed by atoms with Crippen molar-refractivity contribution in [2.45, 2.75) is 13.3 Å². The van der Waals surface area contributed by atoms with Gasteiger partial charge in [-0.05, 0) is 37.1 Å². The molecule has 2 aromatic rings. The summed E-state index contributed by atoms with van der Waals surface area (Å²) in [5, 5.41) is 0. The van der Waals surface area contributed by atoms with Gasteiger partial charge in [-0.3, -0.25) is 9.78 Å². The molecule has 0 aliphatic heterocycles. The van der Waals surface area contributed by atoms with Crippen molar-refractivity contribution in [3.05, 3.63) is 64.5 Å². The molecule has 0 bridgehead atoms. The number of carbonyl (C=O) groups excluding carboxylic acids is 1. The van der Waals surface area contributed by atoms with E-state index in [0.717, 1.165) is 12.0 Å². The Kier molecular flexibility index (Phi) is 4.65. The molecule has 0 radical (unpaired) electrons. The fourth-order valence-corrected chi connectivity index (χ4v) is 1.88. The minimum Gasteiger partial charge on any atom is -0.430 e. The van der Waals surface area contributed by atoms with Crippen LogP contribution in [0.3, 0.4) is 0 Å². The summed E-state index contributed by atoms with van der Waals surface area (Å²) in [4.78, 5) is 28.8. The van der Waals surface area contributed by atoms with Crippen LogP contribution >= 0.6 is 0 Å². The number of nitrogens with zero attached hydrogens (tertiary/aromatic N) is 2. The summed E-state index contributed by atoms with van der Waals surface area (Å²) < 4.78 is 4.73. The van der Waals surface area contributed by atoms with Gasteiger partial charge in [-0.2, -0.15) is 0 Å². The van der Waals surface area contributed by atoms with E-state index < -0.39 is 5.63 Å². The number of hydrogen-bond acceptors (Lipinski definition) is 4. The Morgan fingerprint density at radius 3 is 2.60 bits per heavy atom. The summed E-state index contributed by atoms with van der Waals surface area (Å²) in [5.41, 5.74) is 1.06. The SMILES string of the molecule is CCN(CCc1ccncc1)C(=O)c1ccc(=O)oc1. The van der Waals surface area contributed by atoms with Crippen LogP contribution in [0.5, 0.6) is 0 Å². The third kappa shape index (κ3) is 3.54. The first kappa shape index (κ1) is 14.0. The highest BCUT2D eigenvalue weighted by molar-refractivity contribution is 5.93. The molecule has 2 heterocycles. The number of pyridine rings is 1. The summed E-state index contributed by atoms with van der Waals surface area (Å²) in [6.07, 6.45) is 5.44. The minimum atomic E-state index is -0.457. The third-order valence-electron chi connectivity index (χ3n) is 3.04. The van der Waals surface area contributed by atoms with Gasteiger partial charge in [0.2, 0.25) is 0 Å². The summed E-state index contributed by atoms with van der Waals surface area (Å²) >= 11 is 0. The first-order valence-electron chi connectivity index (χ1n) is 6.47. The zero-order valence-corrected chi connectivity index (χ0v) is 11.3. The van der Waals surface area contributed by atoms with Crippen LogP contribution < -0.4 is 5.63 Å². The van der Waals surface area contributed by atoms with Gasteiger partial charge in [0.15, 0.2) is 0 Å². The van der Waals surface area contributed by atoms with E-state index in [-0.39, 0.29) is 5.91 Å². The van der Waals surface area contributed by atoms with Crippen molar-refractivity contribution in [1.82, 2.24) is 9.88 Å². The molecule has 0 fully saturated rings. The summed E-state index contributed by atoms with van der Waals surface area (Å²) in [7, 11) is 0. The van der Waals surface area contributed by atoms with Crippen LogP contribution in [0.1, 0.15) is 22.8 Å². The highest BCUT2D eigenvalue weighted by Crippen LogP contribution is 2.05. The molecule has 104 valence electrons. The van der Waals surface area contributed by atoms with Gasteiger partial charge in [0, 0.05) is 31.5 Å². The topological polar surface area (TPSA) is 63.4 Å². The first-order chi connectivity index (χ1) is 9.70. The molecule has 1 amide bonds. The predicted octanol–water partition coefficient (Wildman–Crippen LogP) is 1.74. The van der Waals surface area contributed by atoms with Crippen LogP contribution in [0.15, 0.2) is 52.1 Å². The van der Waals surface area contributed by atoms with E-state index in [9.17, 15) is 9.59 Å². The summed E-state index contributed by atoms with van der Waals surface area (Å²) in [5.74, 6) is -0.134. The Labute approximate surface area is 116 Å². The summed E-state index contributed by atoms with van der Waals surface area (Å²) in [6.45, 7) is 3.13. The van der Waals surface area contributed by atoms with E-state index in [2.05, 4.69) is 4.98 Å². The Bertz CT molecular complexity index is 602. The fraction of sp³-hybridized carbons (Fsp3) is 0.267. The van der Waals surface area contributed by atoms with Gasteiger partial charge in [0.25, 0.3) is 5.91 Å². The van der Waals surface area contributed by atoms with E-state index in [4.69, 9.17) is 4.42 Å². The molecule has 5 heteroatoms. The van der Waals surface area contributed by atoms with Gasteiger partial charge in [-0.25, -0.2) is 4.79 Å². The lowest BCUT2D eigenvalue weighted by Gasteiger charge is -2.20. The second-order valence-electron chi connectivity index (χ2n) is 4.33. The van der Waals surface area contributed by atoms with Crippen LogP contribution in [0.4, 0.5) is 0 Å². The molecule has 0 spiro atoms. The molecule has 0 saturated heterocycles. The van der Waals surface area contributed by atoms with E-state index in [0.29, 0.717) is 18.7 Å². The van der Waals surface area contributed by atoms with Gasteiger partial charge >= 0.3 is 5.63 Å². The standard InChI is InChI=1S/C15H16N2O3/c1-2-17(10-7-12-5-8-16-9-6-12)15(19)13-3-4-14(18)20-11-13/h3-6,8-9,11H,2,7,10H2,1H3. The molecule has 0 aliphatic carbocycles. The van der Waals surface area contributed by atoms with E-state index in [1.807, 2.05) is 19.1 Å². The molecule has 0 N–H and O–H groups in total. The lowest BCUT2D eigenvalue weighted by molar-refractivity contribution is 0.0763. The average Bonchev–Trinajstić information content (AvgIpc) is 2.49. The Hall–Kier alpha value is -2.43. The number of likely N-dealkylation sites (N-methyl/N-ethyl adjacent to an activating group) is 1.